The lowest BCUT2D eigenvalue weighted by Gasteiger charge is -2.23. The minimum atomic E-state index is -3.80. The lowest BCUT2D eigenvalue weighted by molar-refractivity contribution is 0.0945. The molecule has 3 heterocycles. The molecule has 144 valence electrons. The number of carbonyl (C=O) groups excluding carboxylic acids is 1. The molecule has 0 aliphatic carbocycles. The average Bonchev–Trinajstić information content (AvgIpc) is 3.06. The Bertz CT molecular complexity index is 985. The molecule has 2 aromatic rings. The highest BCUT2D eigenvalue weighted by molar-refractivity contribution is 7.89. The Morgan fingerprint density at radius 3 is 3.07 bits per heavy atom. The fourth-order valence-electron chi connectivity index (χ4n) is 3.51. The van der Waals surface area contributed by atoms with E-state index in [2.05, 4.69) is 20.1 Å². The molecular weight excluding hydrogens is 370 g/mol. The number of nitrogens with zero attached hydrogens (tertiary/aromatic N) is 3. The van der Waals surface area contributed by atoms with Crippen LogP contribution in [0.2, 0.25) is 0 Å². The van der Waals surface area contributed by atoms with E-state index in [-0.39, 0.29) is 17.4 Å². The van der Waals surface area contributed by atoms with Crippen LogP contribution in [-0.4, -0.2) is 42.7 Å². The number of hydrogen-bond donors (Lipinski definition) is 2. The number of fused-ring (bicyclic) bond motifs is 2. The minimum Gasteiger partial charge on any atom is -0.377 e. The van der Waals surface area contributed by atoms with E-state index in [0.717, 1.165) is 12.0 Å². The first-order valence-corrected chi connectivity index (χ1v) is 10.3. The molecule has 0 bridgehead atoms. The van der Waals surface area contributed by atoms with Crippen molar-refractivity contribution >= 4 is 15.9 Å². The fourth-order valence-corrected chi connectivity index (χ4v) is 4.77. The molecule has 1 amide bonds. The number of aryl methyl sites for hydroxylation is 1. The summed E-state index contributed by atoms with van der Waals surface area (Å²) in [5.41, 5.74) is 1.28. The summed E-state index contributed by atoms with van der Waals surface area (Å²) in [6.07, 6.45) is 2.13. The topological polar surface area (TPSA) is 115 Å². The largest absolute Gasteiger partial charge is 0.377 e. The molecule has 2 aliphatic heterocycles. The van der Waals surface area contributed by atoms with Gasteiger partial charge in [-0.25, -0.2) is 22.8 Å². The van der Waals surface area contributed by atoms with Gasteiger partial charge < -0.3 is 10.1 Å². The summed E-state index contributed by atoms with van der Waals surface area (Å²) in [5.74, 6) is 0.881. The van der Waals surface area contributed by atoms with Gasteiger partial charge in [0.1, 0.15) is 12.4 Å². The molecule has 0 radical (unpaired) electrons. The number of ether oxygens (including phenoxy) is 1. The van der Waals surface area contributed by atoms with Crippen LogP contribution in [0, 0.1) is 0 Å². The average molecular weight is 391 g/mol. The zero-order valence-corrected chi connectivity index (χ0v) is 15.8. The Hall–Kier alpha value is -2.30. The molecule has 0 saturated carbocycles. The maximum absolute atomic E-state index is 12.9. The number of nitrogens with one attached hydrogen (secondary N) is 2. The molecule has 1 aromatic carbocycles. The highest BCUT2D eigenvalue weighted by atomic mass is 32.2. The van der Waals surface area contributed by atoms with Crippen LogP contribution in [-0.2, 0) is 34.3 Å². The third kappa shape index (κ3) is 3.47. The molecule has 4 rings (SSSR count). The quantitative estimate of drug-likeness (QED) is 0.768. The number of carbonyl (C=O) groups is 1. The maximum atomic E-state index is 12.9. The van der Waals surface area contributed by atoms with Gasteiger partial charge in [-0.2, -0.15) is 5.10 Å². The zero-order chi connectivity index (χ0) is 19.0. The van der Waals surface area contributed by atoms with Crippen molar-refractivity contribution in [3.8, 4) is 0 Å². The molecule has 10 heteroatoms. The van der Waals surface area contributed by atoms with Gasteiger partial charge in [0.2, 0.25) is 10.0 Å². The second kappa shape index (κ2) is 7.02. The summed E-state index contributed by atoms with van der Waals surface area (Å²) in [7, 11) is -2.24. The molecule has 0 unspecified atom stereocenters. The Morgan fingerprint density at radius 2 is 2.26 bits per heavy atom. The molecule has 1 atom stereocenters. The summed E-state index contributed by atoms with van der Waals surface area (Å²) >= 11 is 0. The van der Waals surface area contributed by atoms with E-state index >= 15 is 0 Å². The predicted molar refractivity (Wildman–Crippen MR) is 95.5 cm³/mol. The van der Waals surface area contributed by atoms with Crippen molar-refractivity contribution in [2.45, 2.75) is 43.4 Å². The standard InChI is InChI=1S/C17H21N5O4S/c1-26-10-15-19-16-14(3-2-8-22(16)20-15)21-27(24,25)12-5-4-11-6-7-18-17(23)13(11)9-12/h4-5,9,14,21H,2-3,6-8,10H2,1H3,(H,18,23)/t14-/m0/s1. The summed E-state index contributed by atoms with van der Waals surface area (Å²) < 4.78 is 35.3. The van der Waals surface area contributed by atoms with Gasteiger partial charge in [0.15, 0.2) is 5.82 Å². The molecule has 2 N–H and O–H groups in total. The van der Waals surface area contributed by atoms with Crippen molar-refractivity contribution in [2.24, 2.45) is 0 Å². The van der Waals surface area contributed by atoms with Gasteiger partial charge in [-0.1, -0.05) is 6.07 Å². The second-order valence-electron chi connectivity index (χ2n) is 6.68. The minimum absolute atomic E-state index is 0.0760. The van der Waals surface area contributed by atoms with Gasteiger partial charge in [-0.05, 0) is 37.0 Å². The number of hydrogen-bond acceptors (Lipinski definition) is 6. The smallest absolute Gasteiger partial charge is 0.251 e. The van der Waals surface area contributed by atoms with Crippen molar-refractivity contribution in [1.29, 1.82) is 0 Å². The van der Waals surface area contributed by atoms with Crippen LogP contribution < -0.4 is 10.0 Å². The first kappa shape index (κ1) is 18.1. The van der Waals surface area contributed by atoms with E-state index in [9.17, 15) is 13.2 Å². The number of rotatable bonds is 5. The SMILES string of the molecule is COCc1nc2n(n1)CCC[C@@H]2NS(=O)(=O)c1ccc2c(c1)C(=O)NCC2. The lowest BCUT2D eigenvalue weighted by atomic mass is 10.0. The summed E-state index contributed by atoms with van der Waals surface area (Å²) in [5, 5.41) is 7.09. The van der Waals surface area contributed by atoms with Gasteiger partial charge in [-0.15, -0.1) is 0 Å². The van der Waals surface area contributed by atoms with Crippen LogP contribution in [0.4, 0.5) is 0 Å². The first-order chi connectivity index (χ1) is 13.0. The normalized spacial score (nSPS) is 19.3. The Balaban J connectivity index is 1.61. The van der Waals surface area contributed by atoms with Crippen LogP contribution in [0.15, 0.2) is 23.1 Å². The van der Waals surface area contributed by atoms with Gasteiger partial charge in [0.25, 0.3) is 5.91 Å². The van der Waals surface area contributed by atoms with Crippen LogP contribution in [0.1, 0.15) is 46.5 Å². The maximum Gasteiger partial charge on any atom is 0.251 e. The molecule has 9 nitrogen and oxygen atoms in total. The number of sulfonamides is 1. The summed E-state index contributed by atoms with van der Waals surface area (Å²) in [6.45, 7) is 1.54. The third-order valence-corrected chi connectivity index (χ3v) is 6.27. The molecule has 0 saturated heterocycles. The van der Waals surface area contributed by atoms with E-state index in [1.165, 1.54) is 6.07 Å². The van der Waals surface area contributed by atoms with Crippen molar-refractivity contribution < 1.29 is 17.9 Å². The van der Waals surface area contributed by atoms with Crippen molar-refractivity contribution in [2.75, 3.05) is 13.7 Å². The van der Waals surface area contributed by atoms with Gasteiger partial charge >= 0.3 is 0 Å². The zero-order valence-electron chi connectivity index (χ0n) is 14.9. The van der Waals surface area contributed by atoms with E-state index in [1.807, 2.05) is 0 Å². The summed E-state index contributed by atoms with van der Waals surface area (Å²) in [6, 6.07) is 4.23. The fraction of sp³-hybridized carbons (Fsp3) is 0.471. The summed E-state index contributed by atoms with van der Waals surface area (Å²) in [4.78, 5) is 16.5. The number of amides is 1. The molecule has 0 spiro atoms. The van der Waals surface area contributed by atoms with E-state index in [4.69, 9.17) is 4.74 Å². The van der Waals surface area contributed by atoms with Crippen LogP contribution >= 0.6 is 0 Å². The molecular formula is C17H21N5O4S. The van der Waals surface area contributed by atoms with Gasteiger partial charge in [0, 0.05) is 25.8 Å². The molecule has 1 aromatic heterocycles. The van der Waals surface area contributed by atoms with Crippen molar-refractivity contribution in [3.05, 3.63) is 41.0 Å². The number of methoxy groups -OCH3 is 1. The molecule has 2 aliphatic rings. The Morgan fingerprint density at radius 1 is 1.41 bits per heavy atom. The lowest BCUT2D eigenvalue weighted by Crippen LogP contribution is -2.34. The Kier molecular flexibility index (Phi) is 4.70. The van der Waals surface area contributed by atoms with Crippen LogP contribution in [0.5, 0.6) is 0 Å². The van der Waals surface area contributed by atoms with Crippen LogP contribution in [0.25, 0.3) is 0 Å². The third-order valence-electron chi connectivity index (χ3n) is 4.81. The predicted octanol–water partition coefficient (Wildman–Crippen LogP) is 0.524. The molecule has 0 fully saturated rings. The van der Waals surface area contributed by atoms with Crippen molar-refractivity contribution in [1.82, 2.24) is 24.8 Å². The van der Waals surface area contributed by atoms with E-state index in [1.54, 1.807) is 23.9 Å². The monoisotopic (exact) mass is 391 g/mol. The second-order valence-corrected chi connectivity index (χ2v) is 8.40. The Labute approximate surface area is 157 Å². The first-order valence-electron chi connectivity index (χ1n) is 8.84. The van der Waals surface area contributed by atoms with Crippen molar-refractivity contribution in [3.63, 3.8) is 0 Å². The van der Waals surface area contributed by atoms with E-state index in [0.29, 0.717) is 43.1 Å². The highest BCUT2D eigenvalue weighted by Crippen LogP contribution is 2.26. The van der Waals surface area contributed by atoms with Crippen LogP contribution in [0.3, 0.4) is 0 Å². The van der Waals surface area contributed by atoms with E-state index < -0.39 is 16.1 Å². The highest BCUT2D eigenvalue weighted by Gasteiger charge is 2.30. The molecule has 27 heavy (non-hydrogen) atoms. The van der Waals surface area contributed by atoms with Gasteiger partial charge in [0.05, 0.1) is 10.9 Å². The van der Waals surface area contributed by atoms with Gasteiger partial charge in [-0.3, -0.25) is 4.79 Å². The number of aromatic nitrogens is 3. The number of benzene rings is 1.